The third kappa shape index (κ3) is 4.38. The number of hydrogen-bond donors (Lipinski definition) is 2. The largest absolute Gasteiger partial charge is 0.396 e. The highest BCUT2D eigenvalue weighted by atomic mass is 19.1. The van der Waals surface area contributed by atoms with Crippen molar-refractivity contribution in [3.8, 4) is 0 Å². The number of aliphatic hydroxyl groups is 1. The fourth-order valence-corrected chi connectivity index (χ4v) is 3.88. The van der Waals surface area contributed by atoms with Crippen LogP contribution in [0.2, 0.25) is 0 Å². The molecule has 1 aliphatic rings. The summed E-state index contributed by atoms with van der Waals surface area (Å²) >= 11 is 0. The van der Waals surface area contributed by atoms with Crippen molar-refractivity contribution in [2.45, 2.75) is 25.6 Å². The average molecular weight is 386 g/mol. The predicted molar refractivity (Wildman–Crippen MR) is 104 cm³/mol. The quantitative estimate of drug-likeness (QED) is 0.684. The molecule has 0 amide bonds. The molecule has 1 aromatic heterocycles. The minimum Gasteiger partial charge on any atom is -0.396 e. The third-order valence-electron chi connectivity index (χ3n) is 5.32. The van der Waals surface area contributed by atoms with E-state index >= 15 is 0 Å². The van der Waals surface area contributed by atoms with Crippen molar-refractivity contribution >= 4 is 11.0 Å². The number of H-pyrrole nitrogens is 1. The molecule has 0 aliphatic carbocycles. The van der Waals surface area contributed by atoms with Gasteiger partial charge in [0, 0.05) is 38.8 Å². The molecule has 4 rings (SSSR count). The number of imidazole rings is 1. The molecule has 1 fully saturated rings. The van der Waals surface area contributed by atoms with E-state index in [2.05, 4.69) is 19.8 Å². The number of halogens is 2. The van der Waals surface area contributed by atoms with E-state index in [4.69, 9.17) is 0 Å². The smallest absolute Gasteiger partial charge is 0.125 e. The number of nitrogens with one attached hydrogen (secondary N) is 1. The fourth-order valence-electron chi connectivity index (χ4n) is 3.88. The van der Waals surface area contributed by atoms with Gasteiger partial charge in [0.25, 0.3) is 0 Å². The van der Waals surface area contributed by atoms with Gasteiger partial charge < -0.3 is 10.1 Å². The maximum atomic E-state index is 13.4. The van der Waals surface area contributed by atoms with E-state index in [0.717, 1.165) is 43.1 Å². The Bertz CT molecular complexity index is 928. The van der Waals surface area contributed by atoms with Gasteiger partial charge in [-0.15, -0.1) is 0 Å². The second-order valence-corrected chi connectivity index (χ2v) is 7.34. The molecule has 2 heterocycles. The number of aromatic amines is 1. The van der Waals surface area contributed by atoms with Crippen LogP contribution >= 0.6 is 0 Å². The number of hydrogen-bond acceptors (Lipinski definition) is 4. The number of aliphatic hydroxyl groups excluding tert-OH is 1. The van der Waals surface area contributed by atoms with Gasteiger partial charge in [-0.05, 0) is 42.3 Å². The monoisotopic (exact) mass is 386 g/mol. The number of nitrogens with zero attached hydrogens (tertiary/aromatic N) is 3. The Morgan fingerprint density at radius 2 is 1.82 bits per heavy atom. The minimum absolute atomic E-state index is 0.127. The molecule has 3 aromatic rings. The topological polar surface area (TPSA) is 55.4 Å². The number of aromatic nitrogens is 2. The summed E-state index contributed by atoms with van der Waals surface area (Å²) < 4.78 is 26.5. The summed E-state index contributed by atoms with van der Waals surface area (Å²) in [6, 6.07) is 11.4. The summed E-state index contributed by atoms with van der Waals surface area (Å²) in [7, 11) is 0. The zero-order chi connectivity index (χ0) is 19.5. The van der Waals surface area contributed by atoms with Crippen LogP contribution in [-0.2, 0) is 13.1 Å². The van der Waals surface area contributed by atoms with Crippen molar-refractivity contribution in [3.63, 3.8) is 0 Å². The first kappa shape index (κ1) is 19.0. The normalized spacial score (nSPS) is 18.8. The lowest BCUT2D eigenvalue weighted by Crippen LogP contribution is -2.52. The minimum atomic E-state index is -0.278. The molecule has 1 saturated heterocycles. The van der Waals surface area contributed by atoms with Gasteiger partial charge in [0.2, 0.25) is 0 Å². The van der Waals surface area contributed by atoms with Gasteiger partial charge >= 0.3 is 0 Å². The van der Waals surface area contributed by atoms with Gasteiger partial charge in [-0.25, -0.2) is 13.8 Å². The lowest BCUT2D eigenvalue weighted by molar-refractivity contribution is 0.0489. The van der Waals surface area contributed by atoms with Gasteiger partial charge in [-0.1, -0.05) is 12.1 Å². The first-order valence-electron chi connectivity index (χ1n) is 9.56. The van der Waals surface area contributed by atoms with Crippen molar-refractivity contribution in [1.82, 2.24) is 19.8 Å². The van der Waals surface area contributed by atoms with Crippen molar-refractivity contribution in [2.24, 2.45) is 0 Å². The Balaban J connectivity index is 1.42. The lowest BCUT2D eigenvalue weighted by Gasteiger charge is -2.41. The lowest BCUT2D eigenvalue weighted by atomic mass is 10.1. The number of rotatable bonds is 6. The van der Waals surface area contributed by atoms with E-state index in [1.54, 1.807) is 6.07 Å². The Morgan fingerprint density at radius 1 is 1.04 bits per heavy atom. The molecule has 7 heteroatoms. The van der Waals surface area contributed by atoms with Crippen LogP contribution in [0.1, 0.15) is 17.8 Å². The molecule has 0 saturated carbocycles. The Labute approximate surface area is 162 Å². The van der Waals surface area contributed by atoms with Crippen molar-refractivity contribution in [1.29, 1.82) is 0 Å². The van der Waals surface area contributed by atoms with E-state index < -0.39 is 0 Å². The highest BCUT2D eigenvalue weighted by Gasteiger charge is 2.27. The first-order valence-corrected chi connectivity index (χ1v) is 9.56. The van der Waals surface area contributed by atoms with Crippen molar-refractivity contribution in [3.05, 3.63) is 65.5 Å². The summed E-state index contributed by atoms with van der Waals surface area (Å²) in [5.41, 5.74) is 2.53. The van der Waals surface area contributed by atoms with Crippen LogP contribution in [0.5, 0.6) is 0 Å². The SMILES string of the molecule is OCC[C@H]1CN(Cc2nc3ccc(F)cc3[nH]2)CCN1Cc1ccc(F)cc1. The van der Waals surface area contributed by atoms with E-state index in [0.29, 0.717) is 18.5 Å². The Kier molecular flexibility index (Phi) is 5.66. The molecule has 0 spiro atoms. The zero-order valence-corrected chi connectivity index (χ0v) is 15.6. The maximum Gasteiger partial charge on any atom is 0.125 e. The van der Waals surface area contributed by atoms with Crippen LogP contribution in [0.25, 0.3) is 11.0 Å². The van der Waals surface area contributed by atoms with Gasteiger partial charge in [0.15, 0.2) is 0 Å². The summed E-state index contributed by atoms with van der Waals surface area (Å²) in [5, 5.41) is 9.49. The van der Waals surface area contributed by atoms with Crippen LogP contribution in [0.4, 0.5) is 8.78 Å². The summed E-state index contributed by atoms with van der Waals surface area (Å²) in [4.78, 5) is 12.4. The van der Waals surface area contributed by atoms with E-state index in [1.165, 1.54) is 24.3 Å². The molecular formula is C21H24F2N4O. The Hall–Kier alpha value is -2.35. The fraction of sp³-hybridized carbons (Fsp3) is 0.381. The molecule has 0 radical (unpaired) electrons. The van der Waals surface area contributed by atoms with Gasteiger partial charge in [0.05, 0.1) is 17.6 Å². The number of benzene rings is 2. The molecule has 0 unspecified atom stereocenters. The van der Waals surface area contributed by atoms with Crippen molar-refractivity contribution in [2.75, 3.05) is 26.2 Å². The van der Waals surface area contributed by atoms with Gasteiger partial charge in [0.1, 0.15) is 17.5 Å². The molecule has 5 nitrogen and oxygen atoms in total. The average Bonchev–Trinajstić information content (AvgIpc) is 3.07. The molecule has 148 valence electrons. The molecule has 2 aromatic carbocycles. The third-order valence-corrected chi connectivity index (χ3v) is 5.32. The number of fused-ring (bicyclic) bond motifs is 1. The summed E-state index contributed by atoms with van der Waals surface area (Å²) in [6.07, 6.45) is 0.684. The van der Waals surface area contributed by atoms with Crippen molar-refractivity contribution < 1.29 is 13.9 Å². The van der Waals surface area contributed by atoms with E-state index in [1.807, 2.05) is 12.1 Å². The standard InChI is InChI=1S/C21H24F2N4O/c22-16-3-1-15(2-4-16)12-27-9-8-26(13-18(27)7-10-28)14-21-24-19-6-5-17(23)11-20(19)25-21/h1-6,11,18,28H,7-10,12-14H2,(H,24,25)/t18-/m0/s1. The number of piperazine rings is 1. The first-order chi connectivity index (χ1) is 13.6. The second kappa shape index (κ2) is 8.34. The highest BCUT2D eigenvalue weighted by molar-refractivity contribution is 5.74. The van der Waals surface area contributed by atoms with Crippen LogP contribution in [0.3, 0.4) is 0 Å². The van der Waals surface area contributed by atoms with Crippen LogP contribution in [0, 0.1) is 11.6 Å². The van der Waals surface area contributed by atoms with Gasteiger partial charge in [-0.3, -0.25) is 9.80 Å². The predicted octanol–water partition coefficient (Wildman–Crippen LogP) is 2.91. The van der Waals surface area contributed by atoms with Gasteiger partial charge in [-0.2, -0.15) is 0 Å². The molecule has 28 heavy (non-hydrogen) atoms. The molecule has 1 atom stereocenters. The Morgan fingerprint density at radius 3 is 2.61 bits per heavy atom. The van der Waals surface area contributed by atoms with Crippen LogP contribution in [-0.4, -0.2) is 57.2 Å². The van der Waals surface area contributed by atoms with Crippen LogP contribution < -0.4 is 0 Å². The molecular weight excluding hydrogens is 362 g/mol. The molecule has 2 N–H and O–H groups in total. The summed E-state index contributed by atoms with van der Waals surface area (Å²) in [6.45, 7) is 4.06. The second-order valence-electron chi connectivity index (χ2n) is 7.34. The zero-order valence-electron chi connectivity index (χ0n) is 15.6. The van der Waals surface area contributed by atoms with Crippen LogP contribution in [0.15, 0.2) is 42.5 Å². The maximum absolute atomic E-state index is 13.4. The van der Waals surface area contributed by atoms with E-state index in [9.17, 15) is 13.9 Å². The summed E-state index contributed by atoms with van der Waals surface area (Å²) in [5.74, 6) is 0.307. The molecule has 1 aliphatic heterocycles. The van der Waals surface area contributed by atoms with E-state index in [-0.39, 0.29) is 24.3 Å². The highest BCUT2D eigenvalue weighted by Crippen LogP contribution is 2.19. The molecule has 0 bridgehead atoms.